The molecule has 2 heterocycles. The van der Waals surface area contributed by atoms with Gasteiger partial charge in [-0.05, 0) is 66.7 Å². The fourth-order valence-electron chi connectivity index (χ4n) is 4.16. The maximum Gasteiger partial charge on any atom is 0.263 e. The van der Waals surface area contributed by atoms with Crippen LogP contribution < -0.4 is 14.2 Å². The summed E-state index contributed by atoms with van der Waals surface area (Å²) >= 11 is 0. The normalized spacial score (nSPS) is 11.5. The smallest absolute Gasteiger partial charge is 0.263 e. The SMILES string of the molecule is COc1cc(OC)c(-c2cc3ccccc3[nH]2)cc1/C=C/C(=O)c1ccc(S(=O)(=O)Nc2ccccn2)cc1. The maximum absolute atomic E-state index is 12.9. The molecule has 0 aliphatic rings. The molecule has 0 spiro atoms. The summed E-state index contributed by atoms with van der Waals surface area (Å²) in [5.74, 6) is 1.08. The Hall–Kier alpha value is -4.89. The molecule has 0 radical (unpaired) electrons. The minimum Gasteiger partial charge on any atom is -0.496 e. The Morgan fingerprint density at radius 3 is 2.33 bits per heavy atom. The van der Waals surface area contributed by atoms with Crippen molar-refractivity contribution in [1.29, 1.82) is 0 Å². The van der Waals surface area contributed by atoms with Crippen molar-refractivity contribution >= 4 is 38.6 Å². The van der Waals surface area contributed by atoms with Crippen LogP contribution in [0.25, 0.3) is 28.2 Å². The number of allylic oxidation sites excluding steroid dienone is 1. The summed E-state index contributed by atoms with van der Waals surface area (Å²) in [6, 6.07) is 24.3. The number of sulfonamides is 1. The predicted molar refractivity (Wildman–Crippen MR) is 152 cm³/mol. The number of nitrogens with one attached hydrogen (secondary N) is 2. The minimum absolute atomic E-state index is 0.0217. The molecular weight excluding hydrogens is 514 g/mol. The summed E-state index contributed by atoms with van der Waals surface area (Å²) < 4.78 is 38.9. The summed E-state index contributed by atoms with van der Waals surface area (Å²) in [6.07, 6.45) is 4.59. The van der Waals surface area contributed by atoms with Crippen LogP contribution in [0.3, 0.4) is 0 Å². The third kappa shape index (κ3) is 5.53. The first kappa shape index (κ1) is 25.7. The summed E-state index contributed by atoms with van der Waals surface area (Å²) in [4.78, 5) is 20.3. The van der Waals surface area contributed by atoms with Gasteiger partial charge in [0.2, 0.25) is 0 Å². The van der Waals surface area contributed by atoms with Gasteiger partial charge in [0, 0.05) is 39.9 Å². The standard InChI is InChI=1S/C30H25N3O5S/c1-37-28-19-29(38-2)24(26-18-21-7-3-4-8-25(21)32-26)17-22(28)12-15-27(34)20-10-13-23(14-11-20)39(35,36)33-30-9-5-6-16-31-30/h3-19,32H,1-2H3,(H,31,33)/b15-12+. The predicted octanol–water partition coefficient (Wildman–Crippen LogP) is 5.94. The highest BCUT2D eigenvalue weighted by molar-refractivity contribution is 7.92. The van der Waals surface area contributed by atoms with Crippen LogP contribution in [0.15, 0.2) is 102 Å². The number of pyridine rings is 1. The summed E-state index contributed by atoms with van der Waals surface area (Å²) in [6.45, 7) is 0. The number of ketones is 1. The number of anilines is 1. The summed E-state index contributed by atoms with van der Waals surface area (Å²) in [7, 11) is -0.698. The van der Waals surface area contributed by atoms with Crippen LogP contribution in [-0.2, 0) is 10.0 Å². The van der Waals surface area contributed by atoms with Gasteiger partial charge in [0.1, 0.15) is 17.3 Å². The molecule has 0 fully saturated rings. The van der Waals surface area contributed by atoms with Gasteiger partial charge in [-0.25, -0.2) is 13.4 Å². The molecule has 196 valence electrons. The lowest BCUT2D eigenvalue weighted by molar-refractivity contribution is 0.104. The lowest BCUT2D eigenvalue weighted by Gasteiger charge is -2.12. The monoisotopic (exact) mass is 539 g/mol. The molecule has 0 aliphatic heterocycles. The molecule has 39 heavy (non-hydrogen) atoms. The largest absolute Gasteiger partial charge is 0.496 e. The van der Waals surface area contributed by atoms with Gasteiger partial charge in [-0.1, -0.05) is 24.3 Å². The Kier molecular flexibility index (Phi) is 7.16. The van der Waals surface area contributed by atoms with Crippen molar-refractivity contribution in [2.24, 2.45) is 0 Å². The fourth-order valence-corrected chi connectivity index (χ4v) is 5.17. The molecule has 5 rings (SSSR count). The van der Waals surface area contributed by atoms with E-state index in [2.05, 4.69) is 14.7 Å². The first-order valence-electron chi connectivity index (χ1n) is 12.0. The molecule has 9 heteroatoms. The van der Waals surface area contributed by atoms with Gasteiger partial charge in [-0.15, -0.1) is 0 Å². The average molecular weight is 540 g/mol. The lowest BCUT2D eigenvalue weighted by atomic mass is 10.0. The van der Waals surface area contributed by atoms with E-state index in [-0.39, 0.29) is 16.5 Å². The zero-order chi connectivity index (χ0) is 27.4. The first-order valence-corrected chi connectivity index (χ1v) is 13.5. The van der Waals surface area contributed by atoms with E-state index in [1.807, 2.05) is 36.4 Å². The number of aromatic amines is 1. The van der Waals surface area contributed by atoms with Crippen LogP contribution in [0.5, 0.6) is 11.5 Å². The quantitative estimate of drug-likeness (QED) is 0.177. The Morgan fingerprint density at radius 2 is 1.64 bits per heavy atom. The summed E-state index contributed by atoms with van der Waals surface area (Å²) in [5, 5.41) is 1.07. The van der Waals surface area contributed by atoms with E-state index >= 15 is 0 Å². The zero-order valence-corrected chi connectivity index (χ0v) is 22.0. The second kappa shape index (κ2) is 10.8. The Morgan fingerprint density at radius 1 is 0.897 bits per heavy atom. The average Bonchev–Trinajstić information content (AvgIpc) is 3.40. The number of rotatable bonds is 9. The molecule has 0 saturated heterocycles. The van der Waals surface area contributed by atoms with Gasteiger partial charge < -0.3 is 14.5 Å². The third-order valence-electron chi connectivity index (χ3n) is 6.14. The van der Waals surface area contributed by atoms with Gasteiger partial charge >= 0.3 is 0 Å². The number of H-pyrrole nitrogens is 1. The van der Waals surface area contributed by atoms with Gasteiger partial charge in [0.05, 0.1) is 24.8 Å². The van der Waals surface area contributed by atoms with Crippen LogP contribution in [0.2, 0.25) is 0 Å². The van der Waals surface area contributed by atoms with E-state index < -0.39 is 10.0 Å². The third-order valence-corrected chi connectivity index (χ3v) is 7.51. The first-order chi connectivity index (χ1) is 18.9. The molecule has 2 N–H and O–H groups in total. The van der Waals surface area contributed by atoms with E-state index in [0.29, 0.717) is 22.6 Å². The molecule has 8 nitrogen and oxygen atoms in total. The highest BCUT2D eigenvalue weighted by atomic mass is 32.2. The molecule has 0 amide bonds. The van der Waals surface area contributed by atoms with Crippen molar-refractivity contribution in [2.45, 2.75) is 4.90 Å². The van der Waals surface area contributed by atoms with Crippen LogP contribution in [0.4, 0.5) is 5.82 Å². The van der Waals surface area contributed by atoms with Crippen LogP contribution in [0, 0.1) is 0 Å². The zero-order valence-electron chi connectivity index (χ0n) is 21.2. The number of carbonyl (C=O) groups excluding carboxylic acids is 1. The van der Waals surface area contributed by atoms with Crippen molar-refractivity contribution in [3.63, 3.8) is 0 Å². The molecule has 0 aliphatic carbocycles. The van der Waals surface area contributed by atoms with Crippen molar-refractivity contribution in [2.75, 3.05) is 18.9 Å². The van der Waals surface area contributed by atoms with Gasteiger partial charge in [0.25, 0.3) is 10.0 Å². The Balaban J connectivity index is 1.40. The van der Waals surface area contributed by atoms with Crippen molar-refractivity contribution in [3.8, 4) is 22.8 Å². The molecule has 3 aromatic carbocycles. The van der Waals surface area contributed by atoms with E-state index in [4.69, 9.17) is 9.47 Å². The number of carbonyl (C=O) groups is 1. The van der Waals surface area contributed by atoms with Gasteiger partial charge in [-0.2, -0.15) is 0 Å². The van der Waals surface area contributed by atoms with Gasteiger partial charge in [-0.3, -0.25) is 9.52 Å². The highest BCUT2D eigenvalue weighted by Gasteiger charge is 2.16. The molecule has 0 bridgehead atoms. The molecule has 0 atom stereocenters. The van der Waals surface area contributed by atoms with E-state index in [0.717, 1.165) is 22.2 Å². The Bertz CT molecular complexity index is 1740. The van der Waals surface area contributed by atoms with E-state index in [9.17, 15) is 13.2 Å². The number of ether oxygens (including phenoxy) is 2. The maximum atomic E-state index is 12.9. The summed E-state index contributed by atoms with van der Waals surface area (Å²) in [5.41, 5.74) is 3.70. The molecule has 0 unspecified atom stereocenters. The lowest BCUT2D eigenvalue weighted by Crippen LogP contribution is -2.13. The highest BCUT2D eigenvalue weighted by Crippen LogP contribution is 2.37. The van der Waals surface area contributed by atoms with E-state index in [1.165, 1.54) is 36.5 Å². The molecule has 2 aromatic heterocycles. The second-order valence-electron chi connectivity index (χ2n) is 8.61. The number of fused-ring (bicyclic) bond motifs is 1. The number of hydrogen-bond acceptors (Lipinski definition) is 6. The number of benzene rings is 3. The van der Waals surface area contributed by atoms with Crippen LogP contribution in [0.1, 0.15) is 15.9 Å². The molecule has 5 aromatic rings. The van der Waals surface area contributed by atoms with E-state index in [1.54, 1.807) is 44.6 Å². The van der Waals surface area contributed by atoms with Gasteiger partial charge in [0.15, 0.2) is 5.78 Å². The molecular formula is C30H25N3O5S. The number of aromatic nitrogens is 2. The number of hydrogen-bond donors (Lipinski definition) is 2. The van der Waals surface area contributed by atoms with Crippen molar-refractivity contribution < 1.29 is 22.7 Å². The number of para-hydroxylation sites is 1. The Labute approximate surface area is 226 Å². The van der Waals surface area contributed by atoms with Crippen LogP contribution in [-0.4, -0.2) is 38.4 Å². The van der Waals surface area contributed by atoms with Crippen molar-refractivity contribution in [1.82, 2.24) is 9.97 Å². The minimum atomic E-state index is -3.84. The molecule has 0 saturated carbocycles. The topological polar surface area (TPSA) is 110 Å². The van der Waals surface area contributed by atoms with Crippen molar-refractivity contribution in [3.05, 3.63) is 108 Å². The second-order valence-corrected chi connectivity index (χ2v) is 10.3. The number of methoxy groups -OCH3 is 2. The number of nitrogens with zero attached hydrogens (tertiary/aromatic N) is 1. The fraction of sp³-hybridized carbons (Fsp3) is 0.0667. The van der Waals surface area contributed by atoms with Crippen LogP contribution >= 0.6 is 0 Å².